The molecule has 1 aromatic rings. The van der Waals surface area contributed by atoms with Crippen LogP contribution in [0.5, 0.6) is 0 Å². The van der Waals surface area contributed by atoms with Crippen LogP contribution in [-0.4, -0.2) is 17.7 Å². The molecule has 1 aromatic carbocycles. The first-order valence-corrected chi connectivity index (χ1v) is 7.23. The van der Waals surface area contributed by atoms with Gasteiger partial charge in [-0.25, -0.2) is 0 Å². The highest BCUT2D eigenvalue weighted by atomic mass is 79.9. The first kappa shape index (κ1) is 14.0. The molecule has 0 amide bonds. The van der Waals surface area contributed by atoms with Crippen molar-refractivity contribution >= 4 is 15.9 Å². The minimum atomic E-state index is -0.449. The number of halogens is 1. The summed E-state index contributed by atoms with van der Waals surface area (Å²) in [6, 6.07) is 8.33. The number of hydrogen-bond donors (Lipinski definition) is 2. The molecule has 1 aliphatic rings. The van der Waals surface area contributed by atoms with Crippen molar-refractivity contribution in [2.75, 3.05) is 6.54 Å². The lowest BCUT2D eigenvalue weighted by Crippen LogP contribution is -2.27. The largest absolute Gasteiger partial charge is 0.387 e. The van der Waals surface area contributed by atoms with Gasteiger partial charge in [-0.3, -0.25) is 0 Å². The van der Waals surface area contributed by atoms with Gasteiger partial charge in [0, 0.05) is 17.1 Å². The SMILES string of the molecule is CC1(C)C(NCC(O)c2cccc(Br)c2)C1(C)C. The zero-order valence-corrected chi connectivity index (χ0v) is 13.1. The van der Waals surface area contributed by atoms with E-state index < -0.39 is 6.10 Å². The second-order valence-corrected chi connectivity index (χ2v) is 7.27. The number of hydrogen-bond acceptors (Lipinski definition) is 2. The van der Waals surface area contributed by atoms with E-state index >= 15 is 0 Å². The van der Waals surface area contributed by atoms with E-state index in [9.17, 15) is 5.11 Å². The molecule has 0 spiro atoms. The molecule has 100 valence electrons. The number of aliphatic hydroxyl groups is 1. The Morgan fingerprint density at radius 3 is 2.39 bits per heavy atom. The minimum absolute atomic E-state index is 0.310. The fraction of sp³-hybridized carbons (Fsp3) is 0.600. The third kappa shape index (κ3) is 2.36. The molecule has 2 rings (SSSR count). The zero-order chi connectivity index (χ0) is 13.6. The van der Waals surface area contributed by atoms with Gasteiger partial charge in [0.25, 0.3) is 0 Å². The van der Waals surface area contributed by atoms with Crippen molar-refractivity contribution in [1.82, 2.24) is 5.32 Å². The van der Waals surface area contributed by atoms with Gasteiger partial charge in [0.1, 0.15) is 0 Å². The fourth-order valence-electron chi connectivity index (χ4n) is 2.77. The summed E-state index contributed by atoms with van der Waals surface area (Å²) < 4.78 is 1.01. The van der Waals surface area contributed by atoms with Crippen molar-refractivity contribution in [1.29, 1.82) is 0 Å². The van der Waals surface area contributed by atoms with Gasteiger partial charge in [0.05, 0.1) is 6.10 Å². The molecule has 0 radical (unpaired) electrons. The van der Waals surface area contributed by atoms with Crippen LogP contribution >= 0.6 is 15.9 Å². The van der Waals surface area contributed by atoms with Crippen molar-refractivity contribution in [2.24, 2.45) is 10.8 Å². The van der Waals surface area contributed by atoms with Gasteiger partial charge < -0.3 is 10.4 Å². The van der Waals surface area contributed by atoms with Crippen molar-refractivity contribution in [3.8, 4) is 0 Å². The summed E-state index contributed by atoms with van der Waals surface area (Å²) in [5, 5.41) is 13.7. The maximum atomic E-state index is 10.2. The highest BCUT2D eigenvalue weighted by Crippen LogP contribution is 2.62. The van der Waals surface area contributed by atoms with E-state index in [-0.39, 0.29) is 0 Å². The Kier molecular flexibility index (Phi) is 3.60. The predicted octanol–water partition coefficient (Wildman–Crippen LogP) is 3.51. The summed E-state index contributed by atoms with van der Waals surface area (Å²) >= 11 is 3.43. The van der Waals surface area contributed by atoms with Gasteiger partial charge in [-0.05, 0) is 28.5 Å². The van der Waals surface area contributed by atoms with Crippen LogP contribution in [0.1, 0.15) is 39.4 Å². The topological polar surface area (TPSA) is 32.3 Å². The first-order valence-electron chi connectivity index (χ1n) is 6.44. The van der Waals surface area contributed by atoms with E-state index in [0.717, 1.165) is 10.0 Å². The average molecular weight is 312 g/mol. The Hall–Kier alpha value is -0.380. The van der Waals surface area contributed by atoms with E-state index in [0.29, 0.717) is 23.4 Å². The van der Waals surface area contributed by atoms with Gasteiger partial charge in [-0.1, -0.05) is 55.8 Å². The first-order chi connectivity index (χ1) is 8.26. The summed E-state index contributed by atoms with van der Waals surface area (Å²) in [5.74, 6) is 0. The molecule has 0 heterocycles. The Morgan fingerprint density at radius 2 is 1.89 bits per heavy atom. The minimum Gasteiger partial charge on any atom is -0.387 e. The van der Waals surface area contributed by atoms with Crippen molar-refractivity contribution in [3.05, 3.63) is 34.3 Å². The lowest BCUT2D eigenvalue weighted by Gasteiger charge is -2.13. The van der Waals surface area contributed by atoms with Crippen LogP contribution in [0, 0.1) is 10.8 Å². The number of aliphatic hydroxyl groups excluding tert-OH is 1. The summed E-state index contributed by atoms with van der Waals surface area (Å²) in [4.78, 5) is 0. The molecular weight excluding hydrogens is 290 g/mol. The summed E-state index contributed by atoms with van der Waals surface area (Å²) in [7, 11) is 0. The third-order valence-corrected chi connectivity index (χ3v) is 5.26. The molecule has 0 bridgehead atoms. The van der Waals surface area contributed by atoms with E-state index in [1.807, 2.05) is 24.3 Å². The number of benzene rings is 1. The van der Waals surface area contributed by atoms with E-state index in [1.165, 1.54) is 0 Å². The molecule has 2 N–H and O–H groups in total. The standard InChI is InChI=1S/C15H22BrNO/c1-14(2)13(15(14,3)4)17-9-12(18)10-6-5-7-11(16)8-10/h5-8,12-13,17-18H,9H2,1-4H3. The summed E-state index contributed by atoms with van der Waals surface area (Å²) in [6.07, 6.45) is -0.449. The van der Waals surface area contributed by atoms with Gasteiger partial charge >= 0.3 is 0 Å². The van der Waals surface area contributed by atoms with Gasteiger partial charge in [0.2, 0.25) is 0 Å². The summed E-state index contributed by atoms with van der Waals surface area (Å²) in [5.41, 5.74) is 1.57. The smallest absolute Gasteiger partial charge is 0.0914 e. The Balaban J connectivity index is 1.92. The fourth-order valence-corrected chi connectivity index (χ4v) is 3.18. The Morgan fingerprint density at radius 1 is 1.28 bits per heavy atom. The number of rotatable bonds is 4. The van der Waals surface area contributed by atoms with Crippen LogP contribution in [0.15, 0.2) is 28.7 Å². The van der Waals surface area contributed by atoms with Crippen LogP contribution in [0.2, 0.25) is 0 Å². The second-order valence-electron chi connectivity index (χ2n) is 6.36. The van der Waals surface area contributed by atoms with Crippen LogP contribution in [0.3, 0.4) is 0 Å². The molecule has 1 unspecified atom stereocenters. The maximum Gasteiger partial charge on any atom is 0.0914 e. The van der Waals surface area contributed by atoms with Crippen LogP contribution in [-0.2, 0) is 0 Å². The van der Waals surface area contributed by atoms with E-state index in [4.69, 9.17) is 0 Å². The summed E-state index contributed by atoms with van der Waals surface area (Å²) in [6.45, 7) is 9.70. The predicted molar refractivity (Wildman–Crippen MR) is 78.5 cm³/mol. The monoisotopic (exact) mass is 311 g/mol. The maximum absolute atomic E-state index is 10.2. The lowest BCUT2D eigenvalue weighted by atomic mass is 10.0. The number of nitrogens with one attached hydrogen (secondary N) is 1. The van der Waals surface area contributed by atoms with Crippen LogP contribution in [0.4, 0.5) is 0 Å². The quantitative estimate of drug-likeness (QED) is 0.892. The molecule has 0 saturated heterocycles. The Bertz CT molecular complexity index is 428. The zero-order valence-electron chi connectivity index (χ0n) is 11.5. The van der Waals surface area contributed by atoms with Gasteiger partial charge in [-0.2, -0.15) is 0 Å². The van der Waals surface area contributed by atoms with Crippen molar-refractivity contribution in [2.45, 2.75) is 39.8 Å². The lowest BCUT2D eigenvalue weighted by molar-refractivity contribution is 0.172. The molecular formula is C15H22BrNO. The van der Waals surface area contributed by atoms with Gasteiger partial charge in [0.15, 0.2) is 0 Å². The molecule has 18 heavy (non-hydrogen) atoms. The molecule has 0 aliphatic heterocycles. The molecule has 2 nitrogen and oxygen atoms in total. The molecule has 3 heteroatoms. The van der Waals surface area contributed by atoms with E-state index in [1.54, 1.807) is 0 Å². The third-order valence-electron chi connectivity index (χ3n) is 4.77. The molecule has 0 aromatic heterocycles. The van der Waals surface area contributed by atoms with Crippen LogP contribution in [0.25, 0.3) is 0 Å². The Labute approximate surface area is 118 Å². The highest BCUT2D eigenvalue weighted by Gasteiger charge is 2.64. The molecule has 1 aliphatic carbocycles. The molecule has 1 fully saturated rings. The van der Waals surface area contributed by atoms with E-state index in [2.05, 4.69) is 48.9 Å². The van der Waals surface area contributed by atoms with Crippen molar-refractivity contribution in [3.63, 3.8) is 0 Å². The normalized spacial score (nSPS) is 22.8. The average Bonchev–Trinajstić information content (AvgIpc) is 2.66. The van der Waals surface area contributed by atoms with Gasteiger partial charge in [-0.15, -0.1) is 0 Å². The highest BCUT2D eigenvalue weighted by molar-refractivity contribution is 9.10. The molecule has 1 atom stereocenters. The van der Waals surface area contributed by atoms with Crippen LogP contribution < -0.4 is 5.32 Å². The molecule has 1 saturated carbocycles. The second kappa shape index (κ2) is 4.62. The van der Waals surface area contributed by atoms with Crippen molar-refractivity contribution < 1.29 is 5.11 Å².